The number of halogens is 1. The normalized spacial score (nSPS) is 25.7. The maximum absolute atomic E-state index is 16.1. The van der Waals surface area contributed by atoms with Crippen molar-refractivity contribution in [3.8, 4) is 0 Å². The molecule has 4 heterocycles. The molecular formula is C33H40FN5O4. The average Bonchev–Trinajstić information content (AvgIpc) is 3.63. The fourth-order valence-corrected chi connectivity index (χ4v) is 7.41. The van der Waals surface area contributed by atoms with Gasteiger partial charge in [0.15, 0.2) is 5.60 Å². The second-order valence-electron chi connectivity index (χ2n) is 12.6. The number of anilines is 2. The zero-order valence-corrected chi connectivity index (χ0v) is 25.1. The lowest BCUT2D eigenvalue weighted by Gasteiger charge is -2.33. The number of ether oxygens (including phenoxy) is 1. The lowest BCUT2D eigenvalue weighted by molar-refractivity contribution is -0.146. The second kappa shape index (κ2) is 11.5. The van der Waals surface area contributed by atoms with Gasteiger partial charge in [-0.15, -0.1) is 5.10 Å². The summed E-state index contributed by atoms with van der Waals surface area (Å²) in [6.07, 6.45) is 4.32. The number of nitrogens with zero attached hydrogens (tertiary/aromatic N) is 5. The Morgan fingerprint density at radius 1 is 1.14 bits per heavy atom. The van der Waals surface area contributed by atoms with Gasteiger partial charge in [-0.25, -0.2) is 4.39 Å². The number of piperidine rings is 1. The maximum atomic E-state index is 16.1. The highest BCUT2D eigenvalue weighted by atomic mass is 19.1. The Labute approximate surface area is 251 Å². The molecule has 1 spiro atoms. The zero-order chi connectivity index (χ0) is 30.4. The van der Waals surface area contributed by atoms with Crippen molar-refractivity contribution in [2.24, 2.45) is 11.8 Å². The van der Waals surface area contributed by atoms with E-state index in [2.05, 4.69) is 10.3 Å². The van der Waals surface area contributed by atoms with Crippen molar-refractivity contribution in [2.75, 3.05) is 23.0 Å². The molecule has 1 N–H and O–H groups in total. The summed E-state index contributed by atoms with van der Waals surface area (Å²) in [4.78, 5) is 31.1. The van der Waals surface area contributed by atoms with E-state index in [1.165, 1.54) is 0 Å². The van der Waals surface area contributed by atoms with E-state index in [1.807, 2.05) is 55.5 Å². The number of carbonyl (C=O) groups excluding carboxylic acids is 2. The molecule has 3 aliphatic rings. The summed E-state index contributed by atoms with van der Waals surface area (Å²) in [5.41, 5.74) is 0.788. The number of rotatable bonds is 9. The van der Waals surface area contributed by atoms with Crippen molar-refractivity contribution in [1.29, 1.82) is 0 Å². The topological polar surface area (TPSA) is 101 Å². The summed E-state index contributed by atoms with van der Waals surface area (Å²) in [6.45, 7) is 6.43. The van der Waals surface area contributed by atoms with Crippen LogP contribution in [0.4, 0.5) is 15.8 Å². The van der Waals surface area contributed by atoms with Gasteiger partial charge in [0.25, 0.3) is 5.91 Å². The summed E-state index contributed by atoms with van der Waals surface area (Å²) in [5.74, 6) is -1.21. The summed E-state index contributed by atoms with van der Waals surface area (Å²) in [6, 6.07) is 15.6. The molecule has 1 aromatic heterocycles. The number of benzene rings is 2. The highest BCUT2D eigenvalue weighted by Crippen LogP contribution is 2.59. The monoisotopic (exact) mass is 589 g/mol. The number of alkyl halides is 1. The Bertz CT molecular complexity index is 1490. The molecule has 2 fully saturated rings. The number of hydrogen-bond acceptors (Lipinski definition) is 6. The standard InChI is InChI=1S/C33H40FN5O4/c1-22-30(32(2,3)34)28(14-17-37-21-24(15-18-40)35-36-37)43-33(22)26-19-25(38-16-8-7-11-29(38)41)12-13-27(26)39(31(33)42)20-23-9-5-4-6-10-23/h4-6,9-10,12-13,19,21-22,28,30,40H,7-8,11,14-18,20H2,1-3H3/t22-,28+,30-,33+/m0/s1. The molecule has 6 rings (SSSR count). The van der Waals surface area contributed by atoms with Crippen molar-refractivity contribution >= 4 is 23.2 Å². The molecule has 43 heavy (non-hydrogen) atoms. The van der Waals surface area contributed by atoms with Crippen LogP contribution in [0.1, 0.15) is 63.3 Å². The first-order valence-corrected chi connectivity index (χ1v) is 15.3. The van der Waals surface area contributed by atoms with Crippen molar-refractivity contribution in [3.05, 3.63) is 71.5 Å². The molecule has 3 aromatic rings. The van der Waals surface area contributed by atoms with Crippen LogP contribution in [0.25, 0.3) is 0 Å². The van der Waals surface area contributed by atoms with Crippen LogP contribution in [0.3, 0.4) is 0 Å². The fraction of sp³-hybridized carbons (Fsp3) is 0.515. The van der Waals surface area contributed by atoms with Crippen LogP contribution < -0.4 is 9.80 Å². The molecule has 0 aliphatic carbocycles. The summed E-state index contributed by atoms with van der Waals surface area (Å²) in [7, 11) is 0. The van der Waals surface area contributed by atoms with Crippen molar-refractivity contribution in [1.82, 2.24) is 15.0 Å². The van der Waals surface area contributed by atoms with Gasteiger partial charge in [0, 0.05) is 61.8 Å². The molecule has 9 nitrogen and oxygen atoms in total. The molecule has 4 atom stereocenters. The van der Waals surface area contributed by atoms with Crippen molar-refractivity contribution < 1.29 is 23.8 Å². The smallest absolute Gasteiger partial charge is 0.264 e. The Morgan fingerprint density at radius 3 is 2.65 bits per heavy atom. The quantitative estimate of drug-likeness (QED) is 0.393. The van der Waals surface area contributed by atoms with Gasteiger partial charge in [-0.2, -0.15) is 0 Å². The predicted molar refractivity (Wildman–Crippen MR) is 160 cm³/mol. The number of carbonyl (C=O) groups is 2. The number of aromatic nitrogens is 3. The summed E-state index contributed by atoms with van der Waals surface area (Å²) < 4.78 is 24.7. The van der Waals surface area contributed by atoms with Gasteiger partial charge >= 0.3 is 0 Å². The number of aliphatic hydroxyl groups excluding tert-OH is 1. The van der Waals surface area contributed by atoms with E-state index in [4.69, 9.17) is 4.74 Å². The van der Waals surface area contributed by atoms with E-state index in [0.29, 0.717) is 50.2 Å². The van der Waals surface area contributed by atoms with E-state index >= 15 is 4.39 Å². The van der Waals surface area contributed by atoms with E-state index in [9.17, 15) is 14.7 Å². The minimum absolute atomic E-state index is 0.0193. The predicted octanol–water partition coefficient (Wildman–Crippen LogP) is 4.56. The highest BCUT2D eigenvalue weighted by Gasteiger charge is 2.66. The van der Waals surface area contributed by atoms with Gasteiger partial charge in [-0.3, -0.25) is 14.3 Å². The van der Waals surface area contributed by atoms with Crippen LogP contribution in [0.15, 0.2) is 54.7 Å². The van der Waals surface area contributed by atoms with Gasteiger partial charge in [-0.1, -0.05) is 42.5 Å². The van der Waals surface area contributed by atoms with Gasteiger partial charge < -0.3 is 19.6 Å². The third-order valence-corrected chi connectivity index (χ3v) is 9.36. The Kier molecular flexibility index (Phi) is 7.85. The highest BCUT2D eigenvalue weighted by molar-refractivity contribution is 6.08. The largest absolute Gasteiger partial charge is 0.396 e. The van der Waals surface area contributed by atoms with Crippen molar-refractivity contribution in [3.63, 3.8) is 0 Å². The first kappa shape index (κ1) is 29.4. The van der Waals surface area contributed by atoms with Gasteiger partial charge in [0.1, 0.15) is 5.67 Å². The molecule has 228 valence electrons. The lowest BCUT2D eigenvalue weighted by Crippen LogP contribution is -2.45. The molecule has 10 heteroatoms. The number of aryl methyl sites for hydroxylation is 1. The molecule has 0 saturated carbocycles. The molecule has 2 amide bonds. The Balaban J connectivity index is 1.40. The SMILES string of the molecule is C[C@H]1[C@H](C(C)(C)F)[C@@H](CCn2cc(CCO)nn2)O[C@]12C(=O)N(Cc1ccccc1)c1ccc(N3CCCCC3=O)cc12. The van der Waals surface area contributed by atoms with Crippen LogP contribution in [0.5, 0.6) is 0 Å². The van der Waals surface area contributed by atoms with Crippen LogP contribution >= 0.6 is 0 Å². The second-order valence-corrected chi connectivity index (χ2v) is 12.6. The number of fused-ring (bicyclic) bond motifs is 2. The zero-order valence-electron chi connectivity index (χ0n) is 25.1. The van der Waals surface area contributed by atoms with Gasteiger partial charge in [0.05, 0.1) is 24.0 Å². The fourth-order valence-electron chi connectivity index (χ4n) is 7.41. The van der Waals surface area contributed by atoms with Crippen molar-refractivity contribution in [2.45, 2.75) is 83.3 Å². The number of aliphatic hydroxyl groups is 1. The third kappa shape index (κ3) is 5.25. The summed E-state index contributed by atoms with van der Waals surface area (Å²) in [5, 5.41) is 17.5. The van der Waals surface area contributed by atoms with Gasteiger partial charge in [0.2, 0.25) is 5.91 Å². The minimum atomic E-state index is -1.63. The Morgan fingerprint density at radius 2 is 1.93 bits per heavy atom. The molecular weight excluding hydrogens is 549 g/mol. The van der Waals surface area contributed by atoms with E-state index in [0.717, 1.165) is 29.8 Å². The summed E-state index contributed by atoms with van der Waals surface area (Å²) >= 11 is 0. The first-order valence-electron chi connectivity index (χ1n) is 15.3. The first-order chi connectivity index (χ1) is 20.6. The van der Waals surface area contributed by atoms with E-state index in [-0.39, 0.29) is 18.4 Å². The minimum Gasteiger partial charge on any atom is -0.396 e. The average molecular weight is 590 g/mol. The van der Waals surface area contributed by atoms with Gasteiger partial charge in [-0.05, 0) is 56.9 Å². The molecule has 0 unspecified atom stereocenters. The molecule has 2 aromatic carbocycles. The maximum Gasteiger partial charge on any atom is 0.264 e. The molecule has 0 bridgehead atoms. The Hall–Kier alpha value is -3.63. The molecule has 0 radical (unpaired) electrons. The van der Waals surface area contributed by atoms with Crippen LogP contribution in [0, 0.1) is 11.8 Å². The van der Waals surface area contributed by atoms with E-state index < -0.39 is 29.2 Å². The number of amides is 2. The van der Waals surface area contributed by atoms with Crippen LogP contribution in [-0.2, 0) is 39.4 Å². The molecule has 2 saturated heterocycles. The third-order valence-electron chi connectivity index (χ3n) is 9.36. The molecule has 3 aliphatic heterocycles. The van der Waals surface area contributed by atoms with Crippen LogP contribution in [0.2, 0.25) is 0 Å². The van der Waals surface area contributed by atoms with E-state index in [1.54, 1.807) is 34.5 Å². The lowest BCUT2D eigenvalue weighted by atomic mass is 9.71. The number of hydrogen-bond donors (Lipinski definition) is 1. The van der Waals surface area contributed by atoms with Crippen LogP contribution in [-0.4, -0.2) is 56.8 Å².